The molecule has 0 bridgehead atoms. The van der Waals surface area contributed by atoms with Gasteiger partial charge in [-0.15, -0.1) is 11.3 Å². The van der Waals surface area contributed by atoms with Gasteiger partial charge in [0.25, 0.3) is 0 Å². The zero-order valence-corrected chi connectivity index (χ0v) is 18.6. The van der Waals surface area contributed by atoms with Crippen LogP contribution in [0.1, 0.15) is 11.1 Å². The molecule has 152 valence electrons. The van der Waals surface area contributed by atoms with Crippen LogP contribution in [0.15, 0.2) is 59.2 Å². The number of thiophene rings is 1. The molecule has 0 saturated carbocycles. The van der Waals surface area contributed by atoms with Crippen molar-refractivity contribution in [2.24, 2.45) is 0 Å². The summed E-state index contributed by atoms with van der Waals surface area (Å²) in [5.41, 5.74) is 5.22. The van der Waals surface area contributed by atoms with Crippen LogP contribution < -0.4 is 10.1 Å². The molecular formula is C23H21N3O2S2. The van der Waals surface area contributed by atoms with Crippen LogP contribution in [0.5, 0.6) is 5.75 Å². The van der Waals surface area contributed by atoms with Crippen LogP contribution in [0.4, 0.5) is 5.69 Å². The number of hydrogen-bond donors (Lipinski definition) is 1. The van der Waals surface area contributed by atoms with Crippen molar-refractivity contribution in [1.29, 1.82) is 0 Å². The van der Waals surface area contributed by atoms with Gasteiger partial charge in [0.2, 0.25) is 5.91 Å². The van der Waals surface area contributed by atoms with Crippen molar-refractivity contribution in [1.82, 2.24) is 9.97 Å². The van der Waals surface area contributed by atoms with E-state index in [2.05, 4.69) is 20.7 Å². The van der Waals surface area contributed by atoms with Crippen LogP contribution in [-0.2, 0) is 4.79 Å². The number of carbonyl (C=O) groups excluding carboxylic acids is 1. The zero-order chi connectivity index (χ0) is 21.1. The minimum absolute atomic E-state index is 0.0540. The second kappa shape index (κ2) is 8.85. The van der Waals surface area contributed by atoms with E-state index in [1.165, 1.54) is 11.8 Å². The standard InChI is InChI=1S/C23H21N3O2S2/c1-14-5-4-6-19(15(14)2)26-20(27)12-30-23-21-18(11-29-22(21)24-13-25-23)16-7-9-17(28-3)10-8-16/h4-11,13H,12H2,1-3H3,(H,26,27). The molecule has 1 N–H and O–H groups in total. The average Bonchev–Trinajstić information content (AvgIpc) is 3.20. The van der Waals surface area contributed by atoms with E-state index in [1.807, 2.05) is 56.3 Å². The Morgan fingerprint density at radius 3 is 2.70 bits per heavy atom. The largest absolute Gasteiger partial charge is 0.497 e. The van der Waals surface area contributed by atoms with Gasteiger partial charge < -0.3 is 10.1 Å². The molecule has 0 fully saturated rings. The Bertz CT molecular complexity index is 1200. The first-order valence-corrected chi connectivity index (χ1v) is 11.3. The Labute approximate surface area is 183 Å². The van der Waals surface area contributed by atoms with Gasteiger partial charge in [0, 0.05) is 16.6 Å². The molecular weight excluding hydrogens is 414 g/mol. The van der Waals surface area contributed by atoms with Crippen molar-refractivity contribution in [2.45, 2.75) is 18.9 Å². The molecule has 2 heterocycles. The average molecular weight is 436 g/mol. The van der Waals surface area contributed by atoms with Crippen LogP contribution in [0, 0.1) is 13.8 Å². The Morgan fingerprint density at radius 1 is 1.13 bits per heavy atom. The van der Waals surface area contributed by atoms with Gasteiger partial charge in [-0.25, -0.2) is 9.97 Å². The van der Waals surface area contributed by atoms with E-state index < -0.39 is 0 Å². The van der Waals surface area contributed by atoms with Gasteiger partial charge in [-0.1, -0.05) is 36.0 Å². The molecule has 1 amide bonds. The maximum absolute atomic E-state index is 12.6. The van der Waals surface area contributed by atoms with Gasteiger partial charge in [0.1, 0.15) is 21.9 Å². The molecule has 0 saturated heterocycles. The lowest BCUT2D eigenvalue weighted by Crippen LogP contribution is -2.15. The minimum Gasteiger partial charge on any atom is -0.497 e. The van der Waals surface area contributed by atoms with Gasteiger partial charge in [-0.2, -0.15) is 0 Å². The fraction of sp³-hybridized carbons (Fsp3) is 0.174. The second-order valence-corrected chi connectivity index (χ2v) is 8.64. The number of carbonyl (C=O) groups is 1. The summed E-state index contributed by atoms with van der Waals surface area (Å²) >= 11 is 3.00. The van der Waals surface area contributed by atoms with E-state index in [-0.39, 0.29) is 11.7 Å². The molecule has 0 spiro atoms. The molecule has 0 unspecified atom stereocenters. The summed E-state index contributed by atoms with van der Waals surface area (Å²) in [6.07, 6.45) is 1.56. The van der Waals surface area contributed by atoms with Gasteiger partial charge >= 0.3 is 0 Å². The molecule has 2 aromatic heterocycles. The second-order valence-electron chi connectivity index (χ2n) is 6.82. The summed E-state index contributed by atoms with van der Waals surface area (Å²) < 4.78 is 5.26. The van der Waals surface area contributed by atoms with Crippen LogP contribution in [0.3, 0.4) is 0 Å². The molecule has 4 rings (SSSR count). The third kappa shape index (κ3) is 4.17. The Hall–Kier alpha value is -2.90. The van der Waals surface area contributed by atoms with E-state index in [4.69, 9.17) is 4.74 Å². The number of nitrogens with one attached hydrogen (secondary N) is 1. The third-order valence-corrected chi connectivity index (χ3v) is 6.83. The Kier molecular flexibility index (Phi) is 6.01. The molecule has 4 aromatic rings. The molecule has 30 heavy (non-hydrogen) atoms. The van der Waals surface area contributed by atoms with Crippen LogP contribution >= 0.6 is 23.1 Å². The molecule has 0 aliphatic carbocycles. The fourth-order valence-corrected chi connectivity index (χ4v) is 4.94. The number of aromatic nitrogens is 2. The topological polar surface area (TPSA) is 64.1 Å². The van der Waals surface area contributed by atoms with Crippen molar-refractivity contribution >= 4 is 44.9 Å². The molecule has 0 atom stereocenters. The van der Waals surface area contributed by atoms with Gasteiger partial charge in [-0.05, 0) is 48.7 Å². The number of fused-ring (bicyclic) bond motifs is 1. The van der Waals surface area contributed by atoms with Crippen LogP contribution in [0.25, 0.3) is 21.3 Å². The highest BCUT2D eigenvalue weighted by Crippen LogP contribution is 2.38. The molecule has 0 aliphatic heterocycles. The number of amides is 1. The third-order valence-electron chi connectivity index (χ3n) is 4.96. The van der Waals surface area contributed by atoms with E-state index in [0.717, 1.165) is 48.9 Å². The normalized spacial score (nSPS) is 10.9. The predicted molar refractivity (Wildman–Crippen MR) is 125 cm³/mol. The summed E-state index contributed by atoms with van der Waals surface area (Å²) in [5, 5.41) is 6.88. The lowest BCUT2D eigenvalue weighted by atomic mass is 10.1. The number of aryl methyl sites for hydroxylation is 1. The molecule has 0 radical (unpaired) electrons. The van der Waals surface area contributed by atoms with Crippen molar-refractivity contribution in [3.63, 3.8) is 0 Å². The highest BCUT2D eigenvalue weighted by molar-refractivity contribution is 8.00. The number of hydrogen-bond acceptors (Lipinski definition) is 6. The number of benzene rings is 2. The number of methoxy groups -OCH3 is 1. The van der Waals surface area contributed by atoms with E-state index >= 15 is 0 Å². The summed E-state index contributed by atoms with van der Waals surface area (Å²) in [7, 11) is 1.65. The lowest BCUT2D eigenvalue weighted by molar-refractivity contribution is -0.113. The van der Waals surface area contributed by atoms with Gasteiger partial charge in [0.05, 0.1) is 18.2 Å². The SMILES string of the molecule is COc1ccc(-c2csc3ncnc(SCC(=O)Nc4cccc(C)c4C)c23)cc1. The number of anilines is 1. The van der Waals surface area contributed by atoms with Crippen molar-refractivity contribution < 1.29 is 9.53 Å². The van der Waals surface area contributed by atoms with Crippen molar-refractivity contribution in [2.75, 3.05) is 18.2 Å². The fourth-order valence-electron chi connectivity index (χ4n) is 3.15. The van der Waals surface area contributed by atoms with E-state index in [1.54, 1.807) is 24.8 Å². The Morgan fingerprint density at radius 2 is 1.93 bits per heavy atom. The molecule has 5 nitrogen and oxygen atoms in total. The summed E-state index contributed by atoms with van der Waals surface area (Å²) in [4.78, 5) is 22.3. The van der Waals surface area contributed by atoms with Crippen molar-refractivity contribution in [3.8, 4) is 16.9 Å². The van der Waals surface area contributed by atoms with E-state index in [9.17, 15) is 4.79 Å². The first-order chi connectivity index (χ1) is 14.6. The number of thioether (sulfide) groups is 1. The van der Waals surface area contributed by atoms with Gasteiger partial charge in [0.15, 0.2) is 0 Å². The zero-order valence-electron chi connectivity index (χ0n) is 16.9. The molecule has 0 aliphatic rings. The number of ether oxygens (including phenoxy) is 1. The van der Waals surface area contributed by atoms with Crippen molar-refractivity contribution in [3.05, 3.63) is 65.3 Å². The maximum Gasteiger partial charge on any atom is 0.234 e. The smallest absolute Gasteiger partial charge is 0.234 e. The van der Waals surface area contributed by atoms with Crippen LogP contribution in [-0.4, -0.2) is 28.7 Å². The summed E-state index contributed by atoms with van der Waals surface area (Å²) in [6.45, 7) is 4.05. The quantitative estimate of drug-likeness (QED) is 0.310. The minimum atomic E-state index is -0.0540. The number of rotatable bonds is 6. The van der Waals surface area contributed by atoms with E-state index in [0.29, 0.717) is 0 Å². The first kappa shape index (κ1) is 20.4. The monoisotopic (exact) mass is 435 g/mol. The lowest BCUT2D eigenvalue weighted by Gasteiger charge is -2.10. The molecule has 7 heteroatoms. The summed E-state index contributed by atoms with van der Waals surface area (Å²) in [5.74, 6) is 1.03. The Balaban J connectivity index is 1.56. The number of nitrogens with zero attached hydrogens (tertiary/aromatic N) is 2. The van der Waals surface area contributed by atoms with Crippen LogP contribution in [0.2, 0.25) is 0 Å². The van der Waals surface area contributed by atoms with Gasteiger partial charge in [-0.3, -0.25) is 4.79 Å². The maximum atomic E-state index is 12.6. The summed E-state index contributed by atoms with van der Waals surface area (Å²) in [6, 6.07) is 13.8. The first-order valence-electron chi connectivity index (χ1n) is 9.42. The predicted octanol–water partition coefficient (Wildman–Crippen LogP) is 5.71. The highest BCUT2D eigenvalue weighted by atomic mass is 32.2. The highest BCUT2D eigenvalue weighted by Gasteiger charge is 2.15. The molecule has 2 aromatic carbocycles.